The van der Waals surface area contributed by atoms with E-state index in [0.29, 0.717) is 12.5 Å². The smallest absolute Gasteiger partial charge is 0.406 e. The number of hydrogen-bond donors (Lipinski definition) is 1. The van der Waals surface area contributed by atoms with Gasteiger partial charge < -0.3 is 10.5 Å². The number of rotatable bonds is 4. The maximum atomic E-state index is 12.2. The Bertz CT molecular complexity index is 460. The zero-order chi connectivity index (χ0) is 15.5. The van der Waals surface area contributed by atoms with Crippen molar-refractivity contribution < 1.29 is 17.9 Å². The maximum absolute atomic E-state index is 12.2. The summed E-state index contributed by atoms with van der Waals surface area (Å²) < 4.78 is 40.6. The third-order valence-electron chi connectivity index (χ3n) is 3.91. The molecule has 1 aliphatic heterocycles. The topological polar surface area (TPSA) is 38.5 Å². The molecular formula is C15H22ClF3N2O. The van der Waals surface area contributed by atoms with E-state index in [0.717, 1.165) is 31.5 Å². The van der Waals surface area contributed by atoms with Crippen molar-refractivity contribution in [2.75, 3.05) is 13.1 Å². The van der Waals surface area contributed by atoms with Crippen molar-refractivity contribution in [1.82, 2.24) is 4.90 Å². The lowest BCUT2D eigenvalue weighted by atomic mass is 9.91. The first-order chi connectivity index (χ1) is 9.83. The van der Waals surface area contributed by atoms with E-state index < -0.39 is 6.36 Å². The van der Waals surface area contributed by atoms with Gasteiger partial charge in [0.2, 0.25) is 0 Å². The molecule has 126 valence electrons. The highest BCUT2D eigenvalue weighted by Crippen LogP contribution is 2.25. The first-order valence-electron chi connectivity index (χ1n) is 7.16. The molecule has 0 aromatic heterocycles. The summed E-state index contributed by atoms with van der Waals surface area (Å²) >= 11 is 0. The van der Waals surface area contributed by atoms with E-state index in [4.69, 9.17) is 5.73 Å². The van der Waals surface area contributed by atoms with Crippen molar-refractivity contribution >= 4 is 12.4 Å². The predicted molar refractivity (Wildman–Crippen MR) is 82.0 cm³/mol. The third kappa shape index (κ3) is 6.02. The van der Waals surface area contributed by atoms with Crippen molar-refractivity contribution in [3.63, 3.8) is 0 Å². The predicted octanol–water partition coefficient (Wildman–Crippen LogP) is 3.57. The molecule has 1 aliphatic rings. The molecule has 22 heavy (non-hydrogen) atoms. The number of nitrogens with zero attached hydrogens (tertiary/aromatic N) is 1. The van der Waals surface area contributed by atoms with Crippen LogP contribution >= 0.6 is 12.4 Å². The van der Waals surface area contributed by atoms with Crippen molar-refractivity contribution in [1.29, 1.82) is 0 Å². The van der Waals surface area contributed by atoms with E-state index in [2.05, 4.69) is 9.64 Å². The zero-order valence-electron chi connectivity index (χ0n) is 12.5. The SMILES string of the molecule is CC(N)C1CCN(Cc2cccc(OC(F)(F)F)c2)CC1.Cl. The Hall–Kier alpha value is -0.980. The molecule has 0 radical (unpaired) electrons. The van der Waals surface area contributed by atoms with Gasteiger partial charge >= 0.3 is 6.36 Å². The molecule has 0 amide bonds. The molecule has 7 heteroatoms. The van der Waals surface area contributed by atoms with Gasteiger partial charge in [-0.15, -0.1) is 25.6 Å². The summed E-state index contributed by atoms with van der Waals surface area (Å²) in [5.41, 5.74) is 6.73. The normalized spacial score (nSPS) is 18.6. The van der Waals surface area contributed by atoms with Gasteiger partial charge in [0.25, 0.3) is 0 Å². The van der Waals surface area contributed by atoms with E-state index in [1.54, 1.807) is 6.07 Å². The second kappa shape index (κ2) is 8.04. The van der Waals surface area contributed by atoms with Gasteiger partial charge in [0.15, 0.2) is 0 Å². The summed E-state index contributed by atoms with van der Waals surface area (Å²) in [6, 6.07) is 6.38. The molecule has 0 spiro atoms. The molecule has 1 fully saturated rings. The molecule has 1 saturated heterocycles. The highest BCUT2D eigenvalue weighted by Gasteiger charge is 2.31. The van der Waals surface area contributed by atoms with E-state index in [1.807, 2.05) is 13.0 Å². The van der Waals surface area contributed by atoms with Crippen LogP contribution in [-0.2, 0) is 6.54 Å². The fourth-order valence-electron chi connectivity index (χ4n) is 2.74. The average Bonchev–Trinajstić information content (AvgIpc) is 2.37. The van der Waals surface area contributed by atoms with E-state index in [9.17, 15) is 13.2 Å². The van der Waals surface area contributed by atoms with Crippen LogP contribution in [0.3, 0.4) is 0 Å². The minimum Gasteiger partial charge on any atom is -0.406 e. The molecule has 1 atom stereocenters. The molecule has 0 bridgehead atoms. The largest absolute Gasteiger partial charge is 0.573 e. The van der Waals surface area contributed by atoms with Gasteiger partial charge in [-0.05, 0) is 56.5 Å². The Kier molecular flexibility index (Phi) is 6.97. The number of piperidine rings is 1. The molecule has 1 heterocycles. The molecule has 1 unspecified atom stereocenters. The number of hydrogen-bond acceptors (Lipinski definition) is 3. The molecule has 3 nitrogen and oxygen atoms in total. The van der Waals surface area contributed by atoms with Gasteiger partial charge in [-0.25, -0.2) is 0 Å². The van der Waals surface area contributed by atoms with E-state index in [-0.39, 0.29) is 24.2 Å². The number of ether oxygens (including phenoxy) is 1. The number of halogens is 4. The molecule has 0 saturated carbocycles. The van der Waals surface area contributed by atoms with Crippen LogP contribution < -0.4 is 10.5 Å². The Morgan fingerprint density at radius 2 is 1.95 bits per heavy atom. The molecule has 0 aliphatic carbocycles. The van der Waals surface area contributed by atoms with Crippen LogP contribution in [0.1, 0.15) is 25.3 Å². The summed E-state index contributed by atoms with van der Waals surface area (Å²) in [4.78, 5) is 2.24. The molecule has 1 aromatic carbocycles. The van der Waals surface area contributed by atoms with Crippen LogP contribution in [0.15, 0.2) is 24.3 Å². The molecule has 2 N–H and O–H groups in total. The van der Waals surface area contributed by atoms with Gasteiger partial charge in [-0.2, -0.15) is 0 Å². The van der Waals surface area contributed by atoms with Gasteiger partial charge in [-0.3, -0.25) is 4.90 Å². The quantitative estimate of drug-likeness (QED) is 0.912. The van der Waals surface area contributed by atoms with Crippen molar-refractivity contribution in [2.45, 2.75) is 38.7 Å². The van der Waals surface area contributed by atoms with Crippen LogP contribution in [-0.4, -0.2) is 30.4 Å². The summed E-state index contributed by atoms with van der Waals surface area (Å²) in [6.07, 6.45) is -2.57. The fraction of sp³-hybridized carbons (Fsp3) is 0.600. The standard InChI is InChI=1S/C15H21F3N2O.ClH/c1-11(19)13-5-7-20(8-6-13)10-12-3-2-4-14(9-12)21-15(16,17)18;/h2-4,9,11,13H,5-8,10,19H2,1H3;1H. The minimum absolute atomic E-state index is 0. The number of nitrogens with two attached hydrogens (primary N) is 1. The fourth-order valence-corrected chi connectivity index (χ4v) is 2.74. The van der Waals surface area contributed by atoms with Crippen LogP contribution in [0.4, 0.5) is 13.2 Å². The van der Waals surface area contributed by atoms with Crippen molar-refractivity contribution in [3.8, 4) is 5.75 Å². The number of benzene rings is 1. The van der Waals surface area contributed by atoms with Crippen LogP contribution in [0.2, 0.25) is 0 Å². The lowest BCUT2D eigenvalue weighted by Gasteiger charge is -2.33. The van der Waals surface area contributed by atoms with Gasteiger partial charge in [-0.1, -0.05) is 12.1 Å². The lowest BCUT2D eigenvalue weighted by molar-refractivity contribution is -0.274. The third-order valence-corrected chi connectivity index (χ3v) is 3.91. The van der Waals surface area contributed by atoms with Crippen LogP contribution in [0, 0.1) is 5.92 Å². The first kappa shape index (κ1) is 19.1. The summed E-state index contributed by atoms with van der Waals surface area (Å²) in [6.45, 7) is 4.52. The summed E-state index contributed by atoms with van der Waals surface area (Å²) in [5.74, 6) is 0.381. The minimum atomic E-state index is -4.64. The van der Waals surface area contributed by atoms with Crippen molar-refractivity contribution in [2.24, 2.45) is 11.7 Å². The average molecular weight is 339 g/mol. The van der Waals surface area contributed by atoms with E-state index in [1.165, 1.54) is 12.1 Å². The Labute approximate surface area is 135 Å². The highest BCUT2D eigenvalue weighted by molar-refractivity contribution is 5.85. The Balaban J connectivity index is 0.00000242. The summed E-state index contributed by atoms with van der Waals surface area (Å²) in [5, 5.41) is 0. The number of likely N-dealkylation sites (tertiary alicyclic amines) is 1. The van der Waals surface area contributed by atoms with Crippen molar-refractivity contribution in [3.05, 3.63) is 29.8 Å². The molecule has 1 aromatic rings. The first-order valence-corrected chi connectivity index (χ1v) is 7.16. The van der Waals surface area contributed by atoms with Crippen LogP contribution in [0.25, 0.3) is 0 Å². The second-order valence-corrected chi connectivity index (χ2v) is 5.67. The van der Waals surface area contributed by atoms with E-state index >= 15 is 0 Å². The maximum Gasteiger partial charge on any atom is 0.573 e. The highest BCUT2D eigenvalue weighted by atomic mass is 35.5. The van der Waals surface area contributed by atoms with Gasteiger partial charge in [0.1, 0.15) is 5.75 Å². The molecular weight excluding hydrogens is 317 g/mol. The number of alkyl halides is 3. The van der Waals surface area contributed by atoms with Gasteiger partial charge in [0.05, 0.1) is 0 Å². The Morgan fingerprint density at radius 3 is 2.50 bits per heavy atom. The zero-order valence-corrected chi connectivity index (χ0v) is 13.3. The summed E-state index contributed by atoms with van der Waals surface area (Å²) in [7, 11) is 0. The Morgan fingerprint density at radius 1 is 1.32 bits per heavy atom. The molecule has 2 rings (SSSR count). The monoisotopic (exact) mass is 338 g/mol. The van der Waals surface area contributed by atoms with Gasteiger partial charge in [0, 0.05) is 12.6 Å². The second-order valence-electron chi connectivity index (χ2n) is 5.67. The van der Waals surface area contributed by atoms with Crippen LogP contribution in [0.5, 0.6) is 5.75 Å². The lowest BCUT2D eigenvalue weighted by Crippen LogP contribution is -2.39.